The second kappa shape index (κ2) is 4.41. The summed E-state index contributed by atoms with van der Waals surface area (Å²) >= 11 is 0. The number of rotatable bonds is 3. The third-order valence-electron chi connectivity index (χ3n) is 2.70. The second-order valence-electron chi connectivity index (χ2n) is 3.69. The highest BCUT2D eigenvalue weighted by atomic mass is 16.5. The van der Waals surface area contributed by atoms with Crippen molar-refractivity contribution >= 4 is 0 Å². The zero-order valence-corrected chi connectivity index (χ0v) is 9.42. The van der Waals surface area contributed by atoms with E-state index in [0.29, 0.717) is 5.75 Å². The maximum Gasteiger partial charge on any atom is 0.125 e. The first-order chi connectivity index (χ1) is 7.74. The Hall–Kier alpha value is -1.74. The Labute approximate surface area is 94.9 Å². The summed E-state index contributed by atoms with van der Waals surface area (Å²) in [7, 11) is 3.52. The van der Waals surface area contributed by atoms with E-state index in [1.54, 1.807) is 7.11 Å². The first-order valence-electron chi connectivity index (χ1n) is 5.16. The molecule has 2 rings (SSSR count). The third kappa shape index (κ3) is 1.82. The van der Waals surface area contributed by atoms with Gasteiger partial charge in [0, 0.05) is 18.8 Å². The molecule has 0 spiro atoms. The van der Waals surface area contributed by atoms with E-state index in [-0.39, 0.29) is 0 Å². The van der Waals surface area contributed by atoms with Gasteiger partial charge in [0.15, 0.2) is 0 Å². The van der Waals surface area contributed by atoms with Crippen molar-refractivity contribution in [1.29, 1.82) is 0 Å². The van der Waals surface area contributed by atoms with Crippen molar-refractivity contribution in [3.8, 4) is 5.75 Å². The molecule has 1 heterocycles. The summed E-state index contributed by atoms with van der Waals surface area (Å²) < 4.78 is 7.14. The zero-order chi connectivity index (χ0) is 11.5. The highest BCUT2D eigenvalue weighted by molar-refractivity contribution is 5.38. The van der Waals surface area contributed by atoms with Gasteiger partial charge in [-0.05, 0) is 18.2 Å². The first kappa shape index (κ1) is 10.8. The minimum atomic E-state index is -0.656. The lowest BCUT2D eigenvalue weighted by Crippen LogP contribution is -2.06. The number of benzene rings is 1. The van der Waals surface area contributed by atoms with Crippen LogP contribution < -0.4 is 4.74 Å². The normalized spacial score (nSPS) is 12.4. The zero-order valence-electron chi connectivity index (χ0n) is 9.42. The van der Waals surface area contributed by atoms with Gasteiger partial charge in [-0.2, -0.15) is 0 Å². The van der Waals surface area contributed by atoms with Gasteiger partial charge in [-0.15, -0.1) is 0 Å². The van der Waals surface area contributed by atoms with E-state index in [4.69, 9.17) is 4.74 Å². The van der Waals surface area contributed by atoms with Crippen LogP contribution in [-0.4, -0.2) is 16.8 Å². The number of ether oxygens (including phenoxy) is 1. The quantitative estimate of drug-likeness (QED) is 0.854. The molecule has 0 bridgehead atoms. The van der Waals surface area contributed by atoms with Crippen LogP contribution in [0.5, 0.6) is 5.75 Å². The monoisotopic (exact) mass is 217 g/mol. The van der Waals surface area contributed by atoms with Crippen LogP contribution >= 0.6 is 0 Å². The van der Waals surface area contributed by atoms with E-state index in [9.17, 15) is 5.11 Å². The highest BCUT2D eigenvalue weighted by Gasteiger charge is 2.16. The molecule has 1 unspecified atom stereocenters. The fourth-order valence-electron chi connectivity index (χ4n) is 1.81. The fraction of sp³-hybridized carbons (Fsp3) is 0.231. The van der Waals surface area contributed by atoms with E-state index in [1.807, 2.05) is 54.2 Å². The average molecular weight is 217 g/mol. The first-order valence-corrected chi connectivity index (χ1v) is 5.16. The maximum atomic E-state index is 10.3. The lowest BCUT2D eigenvalue weighted by Gasteiger charge is -2.15. The lowest BCUT2D eigenvalue weighted by atomic mass is 10.1. The second-order valence-corrected chi connectivity index (χ2v) is 3.69. The molecule has 0 aliphatic carbocycles. The Morgan fingerprint density at radius 2 is 1.94 bits per heavy atom. The molecule has 1 N–H and O–H groups in total. The van der Waals surface area contributed by atoms with E-state index < -0.39 is 6.10 Å². The van der Waals surface area contributed by atoms with E-state index >= 15 is 0 Å². The highest BCUT2D eigenvalue weighted by Crippen LogP contribution is 2.29. The molecule has 1 aromatic carbocycles. The van der Waals surface area contributed by atoms with E-state index in [2.05, 4.69) is 0 Å². The molecule has 84 valence electrons. The molecule has 0 fully saturated rings. The van der Waals surface area contributed by atoms with E-state index in [1.165, 1.54) is 0 Å². The van der Waals surface area contributed by atoms with E-state index in [0.717, 1.165) is 11.3 Å². The fourth-order valence-corrected chi connectivity index (χ4v) is 1.81. The predicted molar refractivity (Wildman–Crippen MR) is 62.5 cm³/mol. The van der Waals surface area contributed by atoms with Crippen LogP contribution in [0.25, 0.3) is 0 Å². The molecule has 0 saturated heterocycles. The van der Waals surface area contributed by atoms with Crippen LogP contribution in [0.4, 0.5) is 0 Å². The number of hydrogen-bond donors (Lipinski definition) is 1. The molecule has 0 amide bonds. The number of aliphatic hydroxyl groups excluding tert-OH is 1. The van der Waals surface area contributed by atoms with Crippen molar-refractivity contribution in [2.45, 2.75) is 6.10 Å². The molecule has 3 nitrogen and oxygen atoms in total. The van der Waals surface area contributed by atoms with Crippen molar-refractivity contribution in [2.24, 2.45) is 7.05 Å². The minimum Gasteiger partial charge on any atom is -0.496 e. The van der Waals surface area contributed by atoms with Crippen LogP contribution in [0.2, 0.25) is 0 Å². The van der Waals surface area contributed by atoms with Crippen LogP contribution in [-0.2, 0) is 7.05 Å². The standard InChI is InChI=1S/C13H15NO2/c1-14-9-5-7-11(14)13(15)10-6-3-4-8-12(10)16-2/h3-9,13,15H,1-2H3. The third-order valence-corrected chi connectivity index (χ3v) is 2.70. The number of aryl methyl sites for hydroxylation is 1. The van der Waals surface area contributed by atoms with Crippen LogP contribution in [0, 0.1) is 0 Å². The van der Waals surface area contributed by atoms with Crippen molar-refractivity contribution < 1.29 is 9.84 Å². The van der Waals surface area contributed by atoms with Crippen molar-refractivity contribution in [2.75, 3.05) is 7.11 Å². The number of para-hydroxylation sites is 1. The van der Waals surface area contributed by atoms with Gasteiger partial charge >= 0.3 is 0 Å². The molecule has 3 heteroatoms. The number of hydrogen-bond acceptors (Lipinski definition) is 2. The molecule has 2 aromatic rings. The minimum absolute atomic E-state index is 0.656. The van der Waals surface area contributed by atoms with Gasteiger partial charge in [-0.25, -0.2) is 0 Å². The Bertz CT molecular complexity index is 476. The number of nitrogens with zero attached hydrogens (tertiary/aromatic N) is 1. The summed E-state index contributed by atoms with van der Waals surface area (Å²) in [4.78, 5) is 0. The van der Waals surface area contributed by atoms with Crippen molar-refractivity contribution in [1.82, 2.24) is 4.57 Å². The van der Waals surface area contributed by atoms with Gasteiger partial charge in [-0.3, -0.25) is 0 Å². The Balaban J connectivity index is 2.41. The molecule has 0 saturated carbocycles. The van der Waals surface area contributed by atoms with Crippen molar-refractivity contribution in [3.05, 3.63) is 53.9 Å². The number of aromatic nitrogens is 1. The molecule has 0 aliphatic rings. The molecule has 16 heavy (non-hydrogen) atoms. The molecule has 1 aromatic heterocycles. The Morgan fingerprint density at radius 1 is 1.19 bits per heavy atom. The average Bonchev–Trinajstić information content (AvgIpc) is 2.74. The van der Waals surface area contributed by atoms with Gasteiger partial charge in [0.05, 0.1) is 12.8 Å². The summed E-state index contributed by atoms with van der Waals surface area (Å²) in [6.45, 7) is 0. The largest absolute Gasteiger partial charge is 0.496 e. The van der Waals surface area contributed by atoms with Gasteiger partial charge in [0.25, 0.3) is 0 Å². The van der Waals surface area contributed by atoms with Gasteiger partial charge in [0.2, 0.25) is 0 Å². The molecule has 0 radical (unpaired) electrons. The summed E-state index contributed by atoms with van der Waals surface area (Å²) in [5, 5.41) is 10.3. The SMILES string of the molecule is COc1ccccc1C(O)c1cccn1C. The topological polar surface area (TPSA) is 34.4 Å². The maximum absolute atomic E-state index is 10.3. The summed E-state index contributed by atoms with van der Waals surface area (Å²) in [5.74, 6) is 0.705. The predicted octanol–water partition coefficient (Wildman–Crippen LogP) is 2.12. The Morgan fingerprint density at radius 3 is 2.56 bits per heavy atom. The lowest BCUT2D eigenvalue weighted by molar-refractivity contribution is 0.206. The van der Waals surface area contributed by atoms with Gasteiger partial charge in [0.1, 0.15) is 11.9 Å². The summed E-state index contributed by atoms with van der Waals surface area (Å²) in [6.07, 6.45) is 1.25. The Kier molecular flexibility index (Phi) is 2.97. The van der Waals surface area contributed by atoms with Crippen LogP contribution in [0.15, 0.2) is 42.6 Å². The summed E-state index contributed by atoms with van der Waals surface area (Å²) in [5.41, 5.74) is 1.64. The molecular formula is C13H15NO2. The molecular weight excluding hydrogens is 202 g/mol. The number of aliphatic hydroxyl groups is 1. The molecule has 1 atom stereocenters. The van der Waals surface area contributed by atoms with Gasteiger partial charge < -0.3 is 14.4 Å². The van der Waals surface area contributed by atoms with Crippen molar-refractivity contribution in [3.63, 3.8) is 0 Å². The smallest absolute Gasteiger partial charge is 0.125 e. The molecule has 0 aliphatic heterocycles. The van der Waals surface area contributed by atoms with Gasteiger partial charge in [-0.1, -0.05) is 18.2 Å². The summed E-state index contributed by atoms with van der Waals surface area (Å²) in [6, 6.07) is 11.3. The number of methoxy groups -OCH3 is 1. The van der Waals surface area contributed by atoms with Crippen LogP contribution in [0.1, 0.15) is 17.4 Å². The van der Waals surface area contributed by atoms with Crippen LogP contribution in [0.3, 0.4) is 0 Å².